The number of fused-ring (bicyclic) bond motifs is 1. The molecule has 0 radical (unpaired) electrons. The van der Waals surface area contributed by atoms with Crippen molar-refractivity contribution in [2.24, 2.45) is 5.92 Å². The number of hydrogen-bond donors (Lipinski definition) is 1. The lowest BCUT2D eigenvalue weighted by Crippen LogP contribution is -2.46. The molecule has 3 heterocycles. The monoisotopic (exact) mass is 330 g/mol. The second kappa shape index (κ2) is 4.66. The maximum atomic E-state index is 11.7. The van der Waals surface area contributed by atoms with E-state index in [0.717, 1.165) is 25.2 Å². The zero-order chi connectivity index (χ0) is 12.7. The molecule has 0 saturated carbocycles. The van der Waals surface area contributed by atoms with E-state index in [9.17, 15) is 4.79 Å². The summed E-state index contributed by atoms with van der Waals surface area (Å²) < 4.78 is 0.701. The van der Waals surface area contributed by atoms with Crippen LogP contribution in [-0.2, 0) is 4.79 Å². The van der Waals surface area contributed by atoms with Crippen molar-refractivity contribution >= 4 is 39.3 Å². The highest BCUT2D eigenvalue weighted by molar-refractivity contribution is 9.10. The number of piperidine rings is 1. The van der Waals surface area contributed by atoms with Crippen molar-refractivity contribution in [2.45, 2.75) is 18.9 Å². The van der Waals surface area contributed by atoms with Crippen LogP contribution in [0.15, 0.2) is 10.8 Å². The number of halogens is 2. The van der Waals surface area contributed by atoms with E-state index >= 15 is 0 Å². The molecule has 2 unspecified atom stereocenters. The summed E-state index contributed by atoms with van der Waals surface area (Å²) in [6, 6.07) is 0.175. The summed E-state index contributed by atoms with van der Waals surface area (Å²) in [6.45, 7) is 1.57. The third-order valence-electron chi connectivity index (χ3n) is 3.60. The number of anilines is 1. The van der Waals surface area contributed by atoms with Gasteiger partial charge < -0.3 is 10.2 Å². The fourth-order valence-corrected chi connectivity index (χ4v) is 3.32. The van der Waals surface area contributed by atoms with Crippen molar-refractivity contribution in [3.63, 3.8) is 0 Å². The van der Waals surface area contributed by atoms with Gasteiger partial charge in [-0.25, -0.2) is 9.97 Å². The SMILES string of the molecule is O=C1NCC2C1CCCN2c1ncnc(Cl)c1Br. The first-order valence-corrected chi connectivity index (χ1v) is 7.06. The van der Waals surface area contributed by atoms with Crippen molar-refractivity contribution in [3.8, 4) is 0 Å². The van der Waals surface area contributed by atoms with Crippen LogP contribution >= 0.6 is 27.5 Å². The Morgan fingerprint density at radius 2 is 2.33 bits per heavy atom. The van der Waals surface area contributed by atoms with Gasteiger partial charge in [0.1, 0.15) is 17.3 Å². The van der Waals surface area contributed by atoms with Gasteiger partial charge in [-0.2, -0.15) is 0 Å². The zero-order valence-corrected chi connectivity index (χ0v) is 11.9. The zero-order valence-electron chi connectivity index (χ0n) is 9.57. The molecule has 3 rings (SSSR count). The van der Waals surface area contributed by atoms with Crippen LogP contribution in [-0.4, -0.2) is 35.0 Å². The summed E-state index contributed by atoms with van der Waals surface area (Å²) in [5, 5.41) is 3.33. The van der Waals surface area contributed by atoms with Crippen LogP contribution in [0.1, 0.15) is 12.8 Å². The second-order valence-electron chi connectivity index (χ2n) is 4.56. The summed E-state index contributed by atoms with van der Waals surface area (Å²) >= 11 is 9.42. The van der Waals surface area contributed by atoms with Gasteiger partial charge in [-0.1, -0.05) is 11.6 Å². The van der Waals surface area contributed by atoms with Gasteiger partial charge in [0.05, 0.1) is 16.4 Å². The standard InChI is InChI=1S/C11H12BrClN4O/c12-8-9(13)15-5-16-10(8)17-3-1-2-6-7(17)4-14-11(6)18/h5-7H,1-4H2,(H,14,18). The molecule has 2 aliphatic heterocycles. The lowest BCUT2D eigenvalue weighted by molar-refractivity contribution is -0.122. The van der Waals surface area contributed by atoms with Gasteiger partial charge >= 0.3 is 0 Å². The van der Waals surface area contributed by atoms with E-state index in [1.54, 1.807) is 0 Å². The Kier molecular flexibility index (Phi) is 3.15. The molecule has 2 saturated heterocycles. The summed E-state index contributed by atoms with van der Waals surface area (Å²) in [4.78, 5) is 22.1. The van der Waals surface area contributed by atoms with Gasteiger partial charge in [0.15, 0.2) is 0 Å². The molecule has 0 bridgehead atoms. The van der Waals surface area contributed by atoms with Crippen LogP contribution in [0, 0.1) is 5.92 Å². The molecule has 0 spiro atoms. The largest absolute Gasteiger partial charge is 0.354 e. The molecule has 18 heavy (non-hydrogen) atoms. The number of nitrogens with one attached hydrogen (secondary N) is 1. The molecule has 1 amide bonds. The summed E-state index contributed by atoms with van der Waals surface area (Å²) in [5.74, 6) is 1.00. The maximum absolute atomic E-state index is 11.7. The number of aromatic nitrogens is 2. The Balaban J connectivity index is 1.96. The Morgan fingerprint density at radius 1 is 1.50 bits per heavy atom. The van der Waals surface area contributed by atoms with Gasteiger partial charge in [0.2, 0.25) is 5.91 Å². The lowest BCUT2D eigenvalue weighted by atomic mass is 9.91. The molecule has 2 atom stereocenters. The molecule has 1 aromatic rings. The van der Waals surface area contributed by atoms with Crippen molar-refractivity contribution in [3.05, 3.63) is 16.0 Å². The first-order chi connectivity index (χ1) is 8.68. The fraction of sp³-hybridized carbons (Fsp3) is 0.545. The Morgan fingerprint density at radius 3 is 3.17 bits per heavy atom. The minimum Gasteiger partial charge on any atom is -0.354 e. The topological polar surface area (TPSA) is 58.1 Å². The van der Waals surface area contributed by atoms with Crippen LogP contribution in [0.2, 0.25) is 5.15 Å². The van der Waals surface area contributed by atoms with Crippen LogP contribution in [0.5, 0.6) is 0 Å². The molecule has 96 valence electrons. The van der Waals surface area contributed by atoms with E-state index in [0.29, 0.717) is 16.2 Å². The number of hydrogen-bond acceptors (Lipinski definition) is 4. The Labute approximate surface area is 118 Å². The molecule has 2 aliphatic rings. The third kappa shape index (κ3) is 1.87. The number of carbonyl (C=O) groups is 1. The fourth-order valence-electron chi connectivity index (χ4n) is 2.75. The molecule has 0 aliphatic carbocycles. The van der Waals surface area contributed by atoms with Crippen molar-refractivity contribution in [1.82, 2.24) is 15.3 Å². The molecular weight excluding hydrogens is 320 g/mol. The highest BCUT2D eigenvalue weighted by Gasteiger charge is 2.41. The second-order valence-corrected chi connectivity index (χ2v) is 5.71. The van der Waals surface area contributed by atoms with Crippen molar-refractivity contribution in [2.75, 3.05) is 18.0 Å². The highest BCUT2D eigenvalue weighted by Crippen LogP contribution is 2.36. The molecular formula is C11H12BrClN4O. The van der Waals surface area contributed by atoms with Gasteiger partial charge in [-0.05, 0) is 28.8 Å². The average Bonchev–Trinajstić information content (AvgIpc) is 2.75. The Hall–Kier alpha value is -0.880. The van der Waals surface area contributed by atoms with Gasteiger partial charge in [-0.3, -0.25) is 4.79 Å². The minimum absolute atomic E-state index is 0.0689. The van der Waals surface area contributed by atoms with Gasteiger partial charge in [0, 0.05) is 13.1 Å². The molecule has 0 aromatic carbocycles. The number of carbonyl (C=O) groups excluding carboxylic acids is 1. The van der Waals surface area contributed by atoms with E-state index in [-0.39, 0.29) is 17.9 Å². The number of nitrogens with zero attached hydrogens (tertiary/aromatic N) is 3. The van der Waals surface area contributed by atoms with E-state index in [2.05, 4.69) is 36.1 Å². The van der Waals surface area contributed by atoms with Crippen molar-refractivity contribution in [1.29, 1.82) is 0 Å². The first kappa shape index (κ1) is 12.2. The first-order valence-electron chi connectivity index (χ1n) is 5.89. The van der Waals surface area contributed by atoms with Crippen LogP contribution in [0.25, 0.3) is 0 Å². The summed E-state index contributed by atoms with van der Waals surface area (Å²) in [7, 11) is 0. The number of amides is 1. The molecule has 5 nitrogen and oxygen atoms in total. The van der Waals surface area contributed by atoms with Crippen LogP contribution < -0.4 is 10.2 Å². The van der Waals surface area contributed by atoms with Gasteiger partial charge in [-0.15, -0.1) is 0 Å². The minimum atomic E-state index is 0.0689. The molecule has 7 heteroatoms. The van der Waals surface area contributed by atoms with Crippen LogP contribution in [0.3, 0.4) is 0 Å². The molecule has 1 aromatic heterocycles. The molecule has 2 fully saturated rings. The van der Waals surface area contributed by atoms with Crippen molar-refractivity contribution < 1.29 is 4.79 Å². The Bertz CT molecular complexity index is 498. The summed E-state index contributed by atoms with van der Waals surface area (Å²) in [5.41, 5.74) is 0. The molecule has 1 N–H and O–H groups in total. The normalized spacial score (nSPS) is 27.0. The van der Waals surface area contributed by atoms with E-state index in [1.165, 1.54) is 6.33 Å². The summed E-state index contributed by atoms with van der Waals surface area (Å²) in [6.07, 6.45) is 3.39. The predicted molar refractivity (Wildman–Crippen MR) is 71.6 cm³/mol. The highest BCUT2D eigenvalue weighted by atomic mass is 79.9. The smallest absolute Gasteiger partial charge is 0.225 e. The van der Waals surface area contributed by atoms with Gasteiger partial charge in [0.25, 0.3) is 0 Å². The van der Waals surface area contributed by atoms with E-state index in [4.69, 9.17) is 11.6 Å². The maximum Gasteiger partial charge on any atom is 0.225 e. The third-order valence-corrected chi connectivity index (χ3v) is 4.85. The van der Waals surface area contributed by atoms with E-state index < -0.39 is 0 Å². The number of rotatable bonds is 1. The average molecular weight is 332 g/mol. The van der Waals surface area contributed by atoms with Crippen LogP contribution in [0.4, 0.5) is 5.82 Å². The lowest BCUT2D eigenvalue weighted by Gasteiger charge is -2.37. The quantitative estimate of drug-likeness (QED) is 0.794. The van der Waals surface area contributed by atoms with E-state index in [1.807, 2.05) is 0 Å². The predicted octanol–water partition coefficient (Wildman–Crippen LogP) is 1.61.